The number of H-pyrrole nitrogens is 1. The number of hydrogen-bond donors (Lipinski definition) is 2. The van der Waals surface area contributed by atoms with Crippen LogP contribution in [-0.2, 0) is 11.3 Å². The molecule has 2 heterocycles. The maximum atomic E-state index is 12.0. The SMILES string of the molecule is CCOC(=O)c1cc(C)c2nc(NC3CCN(Cc4ccccc4)CC3)[nH]c2c1. The van der Waals surface area contributed by atoms with Crippen molar-refractivity contribution in [2.24, 2.45) is 0 Å². The number of rotatable bonds is 6. The van der Waals surface area contributed by atoms with Crippen LogP contribution in [0.25, 0.3) is 11.0 Å². The number of piperidine rings is 1. The second-order valence-electron chi connectivity index (χ2n) is 7.68. The lowest BCUT2D eigenvalue weighted by molar-refractivity contribution is 0.0526. The largest absolute Gasteiger partial charge is 0.462 e. The molecule has 0 radical (unpaired) electrons. The van der Waals surface area contributed by atoms with Gasteiger partial charge in [-0.05, 0) is 49.9 Å². The average Bonchev–Trinajstić information content (AvgIpc) is 3.13. The van der Waals surface area contributed by atoms with E-state index >= 15 is 0 Å². The number of nitrogens with zero attached hydrogens (tertiary/aromatic N) is 2. The van der Waals surface area contributed by atoms with E-state index in [4.69, 9.17) is 9.72 Å². The highest BCUT2D eigenvalue weighted by Crippen LogP contribution is 2.23. The first-order chi connectivity index (χ1) is 14.1. The van der Waals surface area contributed by atoms with Gasteiger partial charge in [-0.1, -0.05) is 30.3 Å². The third-order valence-electron chi connectivity index (χ3n) is 5.47. The number of imidazole rings is 1. The number of esters is 1. The monoisotopic (exact) mass is 392 g/mol. The van der Waals surface area contributed by atoms with Crippen LogP contribution in [0.3, 0.4) is 0 Å². The van der Waals surface area contributed by atoms with Gasteiger partial charge in [-0.3, -0.25) is 4.90 Å². The third kappa shape index (κ3) is 4.59. The maximum absolute atomic E-state index is 12.0. The number of carbonyl (C=O) groups excluding carboxylic acids is 1. The van der Waals surface area contributed by atoms with Crippen molar-refractivity contribution in [3.63, 3.8) is 0 Å². The highest BCUT2D eigenvalue weighted by Gasteiger charge is 2.20. The van der Waals surface area contributed by atoms with Crippen LogP contribution in [0.15, 0.2) is 42.5 Å². The van der Waals surface area contributed by atoms with Crippen LogP contribution in [0.5, 0.6) is 0 Å². The topological polar surface area (TPSA) is 70.2 Å². The molecule has 0 atom stereocenters. The number of aromatic amines is 1. The van der Waals surface area contributed by atoms with Crippen molar-refractivity contribution in [2.75, 3.05) is 25.0 Å². The Bertz CT molecular complexity index is 975. The molecule has 152 valence electrons. The predicted molar refractivity (Wildman–Crippen MR) is 115 cm³/mol. The molecular weight excluding hydrogens is 364 g/mol. The summed E-state index contributed by atoms with van der Waals surface area (Å²) >= 11 is 0. The molecule has 1 fully saturated rings. The summed E-state index contributed by atoms with van der Waals surface area (Å²) in [5.74, 6) is 0.470. The molecule has 0 spiro atoms. The van der Waals surface area contributed by atoms with E-state index in [1.807, 2.05) is 26.0 Å². The summed E-state index contributed by atoms with van der Waals surface area (Å²) in [4.78, 5) is 22.6. The lowest BCUT2D eigenvalue weighted by Crippen LogP contribution is -2.38. The van der Waals surface area contributed by atoms with Gasteiger partial charge in [0.2, 0.25) is 5.95 Å². The maximum Gasteiger partial charge on any atom is 0.338 e. The zero-order chi connectivity index (χ0) is 20.2. The number of aromatic nitrogens is 2. The number of benzene rings is 2. The van der Waals surface area contributed by atoms with Gasteiger partial charge in [0.1, 0.15) is 0 Å². The van der Waals surface area contributed by atoms with Gasteiger partial charge in [0, 0.05) is 25.7 Å². The van der Waals surface area contributed by atoms with Crippen LogP contribution in [0, 0.1) is 6.92 Å². The van der Waals surface area contributed by atoms with E-state index in [2.05, 4.69) is 45.5 Å². The molecule has 4 rings (SSSR count). The molecule has 3 aromatic rings. The zero-order valence-electron chi connectivity index (χ0n) is 17.1. The molecular formula is C23H28N4O2. The zero-order valence-corrected chi connectivity index (χ0v) is 17.1. The molecule has 0 unspecified atom stereocenters. The molecule has 2 N–H and O–H groups in total. The fourth-order valence-corrected chi connectivity index (χ4v) is 3.96. The Morgan fingerprint density at radius 2 is 2.00 bits per heavy atom. The van der Waals surface area contributed by atoms with Crippen LogP contribution >= 0.6 is 0 Å². The summed E-state index contributed by atoms with van der Waals surface area (Å²) in [6, 6.07) is 14.7. The highest BCUT2D eigenvalue weighted by molar-refractivity contribution is 5.95. The first kappa shape index (κ1) is 19.5. The van der Waals surface area contributed by atoms with Crippen molar-refractivity contribution in [1.29, 1.82) is 0 Å². The second kappa shape index (κ2) is 8.66. The molecule has 2 aromatic carbocycles. The molecule has 0 bridgehead atoms. The Labute approximate surface area is 171 Å². The Balaban J connectivity index is 1.38. The number of anilines is 1. The summed E-state index contributed by atoms with van der Waals surface area (Å²) in [5.41, 5.74) is 4.64. The number of likely N-dealkylation sites (tertiary alicyclic amines) is 1. The van der Waals surface area contributed by atoms with E-state index in [0.717, 1.165) is 55.0 Å². The van der Waals surface area contributed by atoms with Crippen LogP contribution in [0.1, 0.15) is 41.3 Å². The minimum atomic E-state index is -0.299. The Morgan fingerprint density at radius 3 is 2.72 bits per heavy atom. The standard InChI is InChI=1S/C23H28N4O2/c1-3-29-22(28)18-13-16(2)21-20(14-18)25-23(26-21)24-19-9-11-27(12-10-19)15-17-7-5-4-6-8-17/h4-8,13-14,19H,3,9-12,15H2,1-2H3,(H2,24,25,26). The summed E-state index contributed by atoms with van der Waals surface area (Å²) < 4.78 is 5.12. The molecule has 0 amide bonds. The van der Waals surface area contributed by atoms with E-state index in [1.165, 1.54) is 5.56 Å². The normalized spacial score (nSPS) is 15.5. The molecule has 29 heavy (non-hydrogen) atoms. The lowest BCUT2D eigenvalue weighted by Gasteiger charge is -2.32. The number of carbonyl (C=O) groups is 1. The molecule has 1 aliphatic rings. The highest BCUT2D eigenvalue weighted by atomic mass is 16.5. The molecule has 1 aliphatic heterocycles. The Morgan fingerprint density at radius 1 is 1.24 bits per heavy atom. The Hall–Kier alpha value is -2.86. The minimum Gasteiger partial charge on any atom is -0.462 e. The van der Waals surface area contributed by atoms with Crippen molar-refractivity contribution < 1.29 is 9.53 Å². The van der Waals surface area contributed by atoms with Crippen molar-refractivity contribution in [3.05, 3.63) is 59.2 Å². The third-order valence-corrected chi connectivity index (χ3v) is 5.47. The Kier molecular flexibility index (Phi) is 5.81. The van der Waals surface area contributed by atoms with Crippen LogP contribution in [0.4, 0.5) is 5.95 Å². The van der Waals surface area contributed by atoms with E-state index in [1.54, 1.807) is 0 Å². The van der Waals surface area contributed by atoms with E-state index < -0.39 is 0 Å². The first-order valence-corrected chi connectivity index (χ1v) is 10.3. The molecule has 6 heteroatoms. The van der Waals surface area contributed by atoms with Gasteiger partial charge in [-0.25, -0.2) is 9.78 Å². The number of fused-ring (bicyclic) bond motifs is 1. The smallest absolute Gasteiger partial charge is 0.338 e. The van der Waals surface area contributed by atoms with Crippen molar-refractivity contribution in [3.8, 4) is 0 Å². The van der Waals surface area contributed by atoms with Crippen molar-refractivity contribution >= 4 is 23.0 Å². The quantitative estimate of drug-likeness (QED) is 0.618. The molecule has 0 aliphatic carbocycles. The van der Waals surface area contributed by atoms with Gasteiger partial charge in [0.25, 0.3) is 0 Å². The summed E-state index contributed by atoms with van der Waals surface area (Å²) in [7, 11) is 0. The van der Waals surface area contributed by atoms with E-state index in [9.17, 15) is 4.79 Å². The number of ether oxygens (including phenoxy) is 1. The van der Waals surface area contributed by atoms with E-state index in [0.29, 0.717) is 18.2 Å². The number of hydrogen-bond acceptors (Lipinski definition) is 5. The van der Waals surface area contributed by atoms with Crippen molar-refractivity contribution in [2.45, 2.75) is 39.3 Å². The average molecular weight is 393 g/mol. The van der Waals surface area contributed by atoms with Crippen molar-refractivity contribution in [1.82, 2.24) is 14.9 Å². The fraction of sp³-hybridized carbons (Fsp3) is 0.391. The van der Waals surface area contributed by atoms with Gasteiger partial charge in [-0.2, -0.15) is 0 Å². The molecule has 1 aromatic heterocycles. The van der Waals surface area contributed by atoms with Crippen LogP contribution in [-0.4, -0.2) is 46.6 Å². The second-order valence-corrected chi connectivity index (χ2v) is 7.68. The molecule has 6 nitrogen and oxygen atoms in total. The van der Waals surface area contributed by atoms with Crippen LogP contribution < -0.4 is 5.32 Å². The lowest BCUT2D eigenvalue weighted by atomic mass is 10.0. The van der Waals surface area contributed by atoms with Gasteiger partial charge in [-0.15, -0.1) is 0 Å². The molecule has 0 saturated carbocycles. The summed E-state index contributed by atoms with van der Waals surface area (Å²) in [6.45, 7) is 7.30. The first-order valence-electron chi connectivity index (χ1n) is 10.3. The minimum absolute atomic E-state index is 0.299. The number of aryl methyl sites for hydroxylation is 1. The van der Waals surface area contributed by atoms with Gasteiger partial charge in [0.15, 0.2) is 0 Å². The van der Waals surface area contributed by atoms with Gasteiger partial charge >= 0.3 is 5.97 Å². The number of nitrogens with one attached hydrogen (secondary N) is 2. The summed E-state index contributed by atoms with van der Waals surface area (Å²) in [5, 5.41) is 3.55. The predicted octanol–water partition coefficient (Wildman–Crippen LogP) is 4.12. The van der Waals surface area contributed by atoms with Crippen LogP contribution in [0.2, 0.25) is 0 Å². The van der Waals surface area contributed by atoms with Gasteiger partial charge in [0.05, 0.1) is 23.2 Å². The van der Waals surface area contributed by atoms with E-state index in [-0.39, 0.29) is 5.97 Å². The summed E-state index contributed by atoms with van der Waals surface area (Å²) in [6.07, 6.45) is 2.16. The molecule has 1 saturated heterocycles. The van der Waals surface area contributed by atoms with Gasteiger partial charge < -0.3 is 15.0 Å². The fourth-order valence-electron chi connectivity index (χ4n) is 3.96.